The van der Waals surface area contributed by atoms with E-state index in [2.05, 4.69) is 15.2 Å². The van der Waals surface area contributed by atoms with Gasteiger partial charge in [-0.1, -0.05) is 0 Å². The molecule has 1 atom stereocenters. The van der Waals surface area contributed by atoms with Crippen molar-refractivity contribution in [1.29, 1.82) is 0 Å². The first-order chi connectivity index (χ1) is 11.0. The van der Waals surface area contributed by atoms with Crippen LogP contribution in [0.4, 0.5) is 0 Å². The van der Waals surface area contributed by atoms with Crippen molar-refractivity contribution in [1.82, 2.24) is 20.1 Å². The van der Waals surface area contributed by atoms with Gasteiger partial charge in [-0.2, -0.15) is 5.10 Å². The average molecular weight is 334 g/mol. The Balaban J connectivity index is 1.82. The number of pyridine rings is 1. The highest BCUT2D eigenvalue weighted by molar-refractivity contribution is 7.90. The smallest absolute Gasteiger partial charge is 0.255 e. The molecule has 7 nitrogen and oxygen atoms in total. The molecule has 8 heteroatoms. The number of aromatic amines is 1. The minimum absolute atomic E-state index is 0.0587. The van der Waals surface area contributed by atoms with E-state index in [0.29, 0.717) is 24.3 Å². The molecule has 1 saturated heterocycles. The van der Waals surface area contributed by atoms with E-state index < -0.39 is 9.84 Å². The standard InChI is InChI=1S/C15H18N4O3S/c1-23(21,22)13-9-17-18-14(13)12-5-3-7-19(10-12)15(20)11-4-2-6-16-8-11/h2,4,6,8-9,12H,3,5,7,10H2,1H3,(H,17,18)/t12-/m1/s1. The van der Waals surface area contributed by atoms with E-state index in [4.69, 9.17) is 0 Å². The number of aromatic nitrogens is 3. The summed E-state index contributed by atoms with van der Waals surface area (Å²) in [7, 11) is -3.34. The first-order valence-corrected chi connectivity index (χ1v) is 9.28. The number of carbonyl (C=O) groups is 1. The molecule has 0 aromatic carbocycles. The number of nitrogens with zero attached hydrogens (tertiary/aromatic N) is 3. The SMILES string of the molecule is CS(=O)(=O)c1cn[nH]c1[C@@H]1CCCN(C(=O)c2cccnc2)C1. The second kappa shape index (κ2) is 6.11. The normalized spacial score (nSPS) is 18.8. The van der Waals surface area contributed by atoms with Crippen molar-refractivity contribution < 1.29 is 13.2 Å². The summed E-state index contributed by atoms with van der Waals surface area (Å²) in [4.78, 5) is 18.5. The molecule has 1 aliphatic heterocycles. The lowest BCUT2D eigenvalue weighted by molar-refractivity contribution is 0.0704. The first-order valence-electron chi connectivity index (χ1n) is 7.39. The van der Waals surface area contributed by atoms with Crippen LogP contribution in [-0.2, 0) is 9.84 Å². The molecule has 0 radical (unpaired) electrons. The van der Waals surface area contributed by atoms with Crippen molar-refractivity contribution in [3.63, 3.8) is 0 Å². The number of nitrogens with one attached hydrogen (secondary N) is 1. The van der Waals surface area contributed by atoms with Gasteiger partial charge in [-0.05, 0) is 25.0 Å². The van der Waals surface area contributed by atoms with Crippen LogP contribution in [0, 0.1) is 0 Å². The predicted octanol–water partition coefficient (Wildman–Crippen LogP) is 1.23. The van der Waals surface area contributed by atoms with Crippen molar-refractivity contribution in [3.8, 4) is 0 Å². The van der Waals surface area contributed by atoms with E-state index in [1.807, 2.05) is 0 Å². The largest absolute Gasteiger partial charge is 0.338 e. The lowest BCUT2D eigenvalue weighted by Crippen LogP contribution is -2.39. The van der Waals surface area contributed by atoms with E-state index in [-0.39, 0.29) is 16.7 Å². The fourth-order valence-corrected chi connectivity index (χ4v) is 3.80. The Hall–Kier alpha value is -2.22. The van der Waals surface area contributed by atoms with Crippen LogP contribution in [0.15, 0.2) is 35.6 Å². The Kier molecular flexibility index (Phi) is 4.16. The van der Waals surface area contributed by atoms with Crippen LogP contribution in [0.1, 0.15) is 34.8 Å². The van der Waals surface area contributed by atoms with Crippen LogP contribution in [0.5, 0.6) is 0 Å². The van der Waals surface area contributed by atoms with Crippen LogP contribution in [0.25, 0.3) is 0 Å². The van der Waals surface area contributed by atoms with Gasteiger partial charge in [0.15, 0.2) is 9.84 Å². The van der Waals surface area contributed by atoms with E-state index in [9.17, 15) is 13.2 Å². The summed E-state index contributed by atoms with van der Waals surface area (Å²) in [5, 5.41) is 6.68. The Morgan fingerprint density at radius 3 is 2.91 bits per heavy atom. The van der Waals surface area contributed by atoms with Gasteiger partial charge in [-0.3, -0.25) is 14.9 Å². The highest BCUT2D eigenvalue weighted by Gasteiger charge is 2.30. The molecule has 122 valence electrons. The molecule has 0 saturated carbocycles. The van der Waals surface area contributed by atoms with Crippen LogP contribution < -0.4 is 0 Å². The molecule has 23 heavy (non-hydrogen) atoms. The Bertz CT molecular complexity index is 801. The summed E-state index contributed by atoms with van der Waals surface area (Å²) in [5.74, 6) is -0.139. The van der Waals surface area contributed by atoms with E-state index in [1.165, 1.54) is 12.5 Å². The van der Waals surface area contributed by atoms with Gasteiger partial charge in [0.05, 0.1) is 17.5 Å². The molecular weight excluding hydrogens is 316 g/mol. The molecule has 3 rings (SSSR count). The van der Waals surface area contributed by atoms with Gasteiger partial charge in [0, 0.05) is 37.7 Å². The zero-order valence-corrected chi connectivity index (χ0v) is 13.6. The number of sulfone groups is 1. The number of piperidine rings is 1. The molecular formula is C15H18N4O3S. The highest BCUT2D eigenvalue weighted by Crippen LogP contribution is 2.30. The third-order valence-electron chi connectivity index (χ3n) is 4.06. The Morgan fingerprint density at radius 2 is 2.22 bits per heavy atom. The van der Waals surface area contributed by atoms with Crippen molar-refractivity contribution in [2.24, 2.45) is 0 Å². The van der Waals surface area contributed by atoms with E-state index in [0.717, 1.165) is 12.8 Å². The predicted molar refractivity (Wildman–Crippen MR) is 83.8 cm³/mol. The lowest BCUT2D eigenvalue weighted by atomic mass is 9.94. The fraction of sp³-hybridized carbons (Fsp3) is 0.400. The third kappa shape index (κ3) is 3.26. The van der Waals surface area contributed by atoms with Gasteiger partial charge in [0.25, 0.3) is 5.91 Å². The minimum Gasteiger partial charge on any atom is -0.338 e. The first kappa shape index (κ1) is 15.7. The summed E-state index contributed by atoms with van der Waals surface area (Å²) in [6.45, 7) is 1.13. The maximum absolute atomic E-state index is 12.5. The number of likely N-dealkylation sites (tertiary alicyclic amines) is 1. The van der Waals surface area contributed by atoms with Gasteiger partial charge in [0.2, 0.25) is 0 Å². The van der Waals surface area contributed by atoms with Crippen LogP contribution in [-0.4, -0.2) is 53.8 Å². The molecule has 0 spiro atoms. The number of hydrogen-bond acceptors (Lipinski definition) is 5. The summed E-state index contributed by atoms with van der Waals surface area (Å²) in [6.07, 6.45) is 7.32. The van der Waals surface area contributed by atoms with Gasteiger partial charge in [0.1, 0.15) is 4.90 Å². The molecule has 0 unspecified atom stereocenters. The quantitative estimate of drug-likeness (QED) is 0.910. The number of H-pyrrole nitrogens is 1. The van der Waals surface area contributed by atoms with Crippen LogP contribution >= 0.6 is 0 Å². The third-order valence-corrected chi connectivity index (χ3v) is 5.18. The van der Waals surface area contributed by atoms with E-state index in [1.54, 1.807) is 29.4 Å². The molecule has 1 amide bonds. The average Bonchev–Trinajstić information content (AvgIpc) is 3.05. The topological polar surface area (TPSA) is 96.0 Å². The molecule has 2 aromatic rings. The van der Waals surface area contributed by atoms with Crippen molar-refractivity contribution >= 4 is 15.7 Å². The minimum atomic E-state index is -3.34. The molecule has 1 N–H and O–H groups in total. The zero-order chi connectivity index (χ0) is 16.4. The molecule has 0 aliphatic carbocycles. The van der Waals surface area contributed by atoms with Gasteiger partial charge in [-0.15, -0.1) is 0 Å². The number of rotatable bonds is 3. The maximum atomic E-state index is 12.5. The monoisotopic (exact) mass is 334 g/mol. The fourth-order valence-electron chi connectivity index (χ4n) is 2.94. The zero-order valence-electron chi connectivity index (χ0n) is 12.8. The summed E-state index contributed by atoms with van der Waals surface area (Å²) in [6, 6.07) is 3.46. The number of carbonyl (C=O) groups excluding carboxylic acids is 1. The summed E-state index contributed by atoms with van der Waals surface area (Å²) in [5.41, 5.74) is 1.14. The molecule has 1 aliphatic rings. The lowest BCUT2D eigenvalue weighted by Gasteiger charge is -2.32. The van der Waals surface area contributed by atoms with Crippen LogP contribution in [0.2, 0.25) is 0 Å². The number of hydrogen-bond donors (Lipinski definition) is 1. The van der Waals surface area contributed by atoms with Crippen molar-refractivity contribution in [2.45, 2.75) is 23.7 Å². The maximum Gasteiger partial charge on any atom is 0.255 e. The second-order valence-electron chi connectivity index (χ2n) is 5.75. The molecule has 2 aromatic heterocycles. The van der Waals surface area contributed by atoms with E-state index >= 15 is 0 Å². The molecule has 3 heterocycles. The number of amides is 1. The summed E-state index contributed by atoms with van der Waals surface area (Å²) >= 11 is 0. The van der Waals surface area contributed by atoms with Gasteiger partial charge < -0.3 is 4.90 Å². The van der Waals surface area contributed by atoms with Crippen molar-refractivity contribution in [2.75, 3.05) is 19.3 Å². The van der Waals surface area contributed by atoms with Crippen LogP contribution in [0.3, 0.4) is 0 Å². The van der Waals surface area contributed by atoms with Gasteiger partial charge in [-0.25, -0.2) is 8.42 Å². The molecule has 1 fully saturated rings. The highest BCUT2D eigenvalue weighted by atomic mass is 32.2. The Morgan fingerprint density at radius 1 is 1.39 bits per heavy atom. The molecule has 0 bridgehead atoms. The Labute approximate surface area is 134 Å². The summed E-state index contributed by atoms with van der Waals surface area (Å²) < 4.78 is 23.7. The second-order valence-corrected chi connectivity index (χ2v) is 7.74. The van der Waals surface area contributed by atoms with Crippen molar-refractivity contribution in [3.05, 3.63) is 42.0 Å². The van der Waals surface area contributed by atoms with Gasteiger partial charge >= 0.3 is 0 Å².